The van der Waals surface area contributed by atoms with Gasteiger partial charge in [-0.05, 0) is 12.1 Å². The van der Waals surface area contributed by atoms with E-state index in [0.717, 1.165) is 16.0 Å². The first kappa shape index (κ1) is 9.08. The molecular formula is C9H12N4S. The fourth-order valence-electron chi connectivity index (χ4n) is 1.40. The van der Waals surface area contributed by atoms with E-state index in [1.165, 1.54) is 4.70 Å². The van der Waals surface area contributed by atoms with Crippen LogP contribution in [-0.4, -0.2) is 19.1 Å². The Morgan fingerprint density at radius 1 is 1.43 bits per heavy atom. The Labute approximate surface area is 85.7 Å². The van der Waals surface area contributed by atoms with E-state index in [4.69, 9.17) is 5.84 Å². The third kappa shape index (κ3) is 1.35. The zero-order valence-corrected chi connectivity index (χ0v) is 8.93. The van der Waals surface area contributed by atoms with Crippen molar-refractivity contribution >= 4 is 27.2 Å². The summed E-state index contributed by atoms with van der Waals surface area (Å²) < 4.78 is 1.17. The summed E-state index contributed by atoms with van der Waals surface area (Å²) in [5.74, 6) is 5.23. The number of aromatic amines is 1. The first-order chi connectivity index (χ1) is 6.72. The lowest BCUT2D eigenvalue weighted by Crippen LogP contribution is -2.09. The average Bonchev–Trinajstić information content (AvgIpc) is 2.59. The summed E-state index contributed by atoms with van der Waals surface area (Å²) in [5.41, 5.74) is 2.24. The van der Waals surface area contributed by atoms with Gasteiger partial charge in [-0.15, -0.1) is 0 Å². The molecule has 0 amide bonds. The molecule has 0 bridgehead atoms. The van der Waals surface area contributed by atoms with E-state index in [1.807, 2.05) is 20.2 Å². The number of nitrogens with zero attached hydrogens (tertiary/aromatic N) is 2. The van der Waals surface area contributed by atoms with Crippen molar-refractivity contribution in [2.75, 3.05) is 19.0 Å². The summed E-state index contributed by atoms with van der Waals surface area (Å²) in [4.78, 5) is 5.99. The highest BCUT2D eigenvalue weighted by atomic mass is 32.1. The molecule has 74 valence electrons. The lowest BCUT2D eigenvalue weighted by molar-refractivity contribution is 1.10. The van der Waals surface area contributed by atoms with Crippen LogP contribution >= 0.6 is 11.3 Å². The maximum absolute atomic E-state index is 5.23. The van der Waals surface area contributed by atoms with E-state index < -0.39 is 0 Å². The van der Waals surface area contributed by atoms with Crippen LogP contribution in [0.2, 0.25) is 0 Å². The number of hydrogen-bond donors (Lipinski definition) is 2. The second-order valence-corrected chi connectivity index (χ2v) is 4.24. The Morgan fingerprint density at radius 2 is 2.21 bits per heavy atom. The second-order valence-electron chi connectivity index (χ2n) is 3.21. The lowest BCUT2D eigenvalue weighted by Gasteiger charge is -2.12. The summed E-state index contributed by atoms with van der Waals surface area (Å²) in [6.45, 7) is 0. The van der Waals surface area contributed by atoms with Crippen LogP contribution in [0.1, 0.15) is 0 Å². The minimum absolute atomic E-state index is 0.745. The number of anilines is 1. The highest BCUT2D eigenvalue weighted by Gasteiger charge is 2.04. The molecule has 3 N–H and O–H groups in total. The standard InChI is InChI=1S/C9H12N4S/c1-13(2)6-4-3-5-7-8(6)11-9(12-10)14-7/h3-5H,10H2,1-2H3,(H,11,12). The number of para-hydroxylation sites is 1. The van der Waals surface area contributed by atoms with Gasteiger partial charge in [0.05, 0.1) is 15.9 Å². The quantitative estimate of drug-likeness (QED) is 0.544. The molecule has 2 rings (SSSR count). The fourth-order valence-corrected chi connectivity index (χ4v) is 2.22. The van der Waals surface area contributed by atoms with Crippen LogP contribution in [-0.2, 0) is 0 Å². The number of nitrogens with one attached hydrogen (secondary N) is 1. The lowest BCUT2D eigenvalue weighted by atomic mass is 10.3. The molecule has 2 aromatic rings. The SMILES string of the molecule is CN(C)c1cccc2s/c(=N\N)[nH]c12. The monoisotopic (exact) mass is 208 g/mol. The van der Waals surface area contributed by atoms with Crippen molar-refractivity contribution in [2.45, 2.75) is 0 Å². The molecule has 14 heavy (non-hydrogen) atoms. The summed E-state index contributed by atoms with van der Waals surface area (Å²) in [6, 6.07) is 6.15. The molecule has 0 aliphatic carbocycles. The molecule has 0 aliphatic rings. The summed E-state index contributed by atoms with van der Waals surface area (Å²) in [7, 11) is 4.03. The van der Waals surface area contributed by atoms with E-state index in [2.05, 4.69) is 27.1 Å². The minimum Gasteiger partial charge on any atom is -0.376 e. The number of hydrogen-bond acceptors (Lipinski definition) is 4. The molecule has 1 heterocycles. The van der Waals surface area contributed by atoms with Crippen molar-refractivity contribution in [2.24, 2.45) is 10.9 Å². The topological polar surface area (TPSA) is 57.4 Å². The summed E-state index contributed by atoms with van der Waals surface area (Å²) in [5, 5.41) is 3.65. The molecule has 0 fully saturated rings. The maximum atomic E-state index is 5.23. The summed E-state index contributed by atoms with van der Waals surface area (Å²) >= 11 is 1.55. The molecule has 0 spiro atoms. The van der Waals surface area contributed by atoms with E-state index in [9.17, 15) is 0 Å². The van der Waals surface area contributed by atoms with Crippen molar-refractivity contribution in [1.82, 2.24) is 4.98 Å². The van der Waals surface area contributed by atoms with Gasteiger partial charge < -0.3 is 15.7 Å². The van der Waals surface area contributed by atoms with E-state index in [-0.39, 0.29) is 0 Å². The molecule has 0 saturated heterocycles. The smallest absolute Gasteiger partial charge is 0.205 e. The highest BCUT2D eigenvalue weighted by Crippen LogP contribution is 2.24. The van der Waals surface area contributed by atoms with Gasteiger partial charge in [0, 0.05) is 14.1 Å². The molecule has 1 aromatic carbocycles. The average molecular weight is 208 g/mol. The molecule has 0 radical (unpaired) electrons. The highest BCUT2D eigenvalue weighted by molar-refractivity contribution is 7.16. The Morgan fingerprint density at radius 3 is 2.86 bits per heavy atom. The predicted molar refractivity (Wildman–Crippen MR) is 60.3 cm³/mol. The van der Waals surface area contributed by atoms with Gasteiger partial charge in [0.1, 0.15) is 0 Å². The molecule has 5 heteroatoms. The third-order valence-electron chi connectivity index (χ3n) is 2.04. The van der Waals surface area contributed by atoms with Gasteiger partial charge in [0.25, 0.3) is 0 Å². The van der Waals surface area contributed by atoms with E-state index in [1.54, 1.807) is 11.3 Å². The van der Waals surface area contributed by atoms with Gasteiger partial charge in [-0.2, -0.15) is 5.10 Å². The Kier molecular flexibility index (Phi) is 2.17. The van der Waals surface area contributed by atoms with Crippen molar-refractivity contribution in [3.05, 3.63) is 23.0 Å². The Bertz CT molecular complexity index is 509. The van der Waals surface area contributed by atoms with Gasteiger partial charge >= 0.3 is 0 Å². The Hall–Kier alpha value is -1.49. The van der Waals surface area contributed by atoms with Crippen LogP contribution < -0.4 is 15.5 Å². The fraction of sp³-hybridized carbons (Fsp3) is 0.222. The number of H-pyrrole nitrogens is 1. The third-order valence-corrected chi connectivity index (χ3v) is 3.00. The van der Waals surface area contributed by atoms with Crippen molar-refractivity contribution < 1.29 is 0 Å². The molecule has 0 atom stereocenters. The molecule has 0 unspecified atom stereocenters. The second kappa shape index (κ2) is 3.34. The predicted octanol–water partition coefficient (Wildman–Crippen LogP) is 1.07. The first-order valence-electron chi connectivity index (χ1n) is 4.25. The molecule has 0 aliphatic heterocycles. The largest absolute Gasteiger partial charge is 0.376 e. The van der Waals surface area contributed by atoms with Crippen LogP contribution in [0.5, 0.6) is 0 Å². The van der Waals surface area contributed by atoms with Crippen LogP contribution in [0.25, 0.3) is 10.2 Å². The van der Waals surface area contributed by atoms with Crippen molar-refractivity contribution in [1.29, 1.82) is 0 Å². The van der Waals surface area contributed by atoms with Crippen LogP contribution in [0.15, 0.2) is 23.3 Å². The summed E-state index contributed by atoms with van der Waals surface area (Å²) in [6.07, 6.45) is 0. The molecule has 1 aromatic heterocycles. The zero-order valence-electron chi connectivity index (χ0n) is 8.11. The first-order valence-corrected chi connectivity index (χ1v) is 5.07. The van der Waals surface area contributed by atoms with E-state index in [0.29, 0.717) is 0 Å². The zero-order chi connectivity index (χ0) is 10.1. The van der Waals surface area contributed by atoms with Crippen molar-refractivity contribution in [3.63, 3.8) is 0 Å². The number of rotatable bonds is 1. The molecular weight excluding hydrogens is 196 g/mol. The maximum Gasteiger partial charge on any atom is 0.205 e. The number of benzene rings is 1. The number of nitrogens with two attached hydrogens (primary N) is 1. The van der Waals surface area contributed by atoms with Gasteiger partial charge in [-0.1, -0.05) is 17.4 Å². The van der Waals surface area contributed by atoms with Gasteiger partial charge in [0.15, 0.2) is 0 Å². The van der Waals surface area contributed by atoms with Crippen molar-refractivity contribution in [3.8, 4) is 0 Å². The normalized spacial score (nSPS) is 12.3. The number of fused-ring (bicyclic) bond motifs is 1. The minimum atomic E-state index is 0.745. The van der Waals surface area contributed by atoms with Gasteiger partial charge in [0.2, 0.25) is 4.80 Å². The molecule has 4 nitrogen and oxygen atoms in total. The number of thiazole rings is 1. The van der Waals surface area contributed by atoms with Crippen LogP contribution in [0.4, 0.5) is 5.69 Å². The Balaban J connectivity index is 2.80. The van der Waals surface area contributed by atoms with E-state index >= 15 is 0 Å². The van der Waals surface area contributed by atoms with Crippen LogP contribution in [0, 0.1) is 0 Å². The number of aromatic nitrogens is 1. The van der Waals surface area contributed by atoms with Gasteiger partial charge in [-0.3, -0.25) is 0 Å². The van der Waals surface area contributed by atoms with Gasteiger partial charge in [-0.25, -0.2) is 0 Å². The van der Waals surface area contributed by atoms with Crippen LogP contribution in [0.3, 0.4) is 0 Å². The molecule has 0 saturated carbocycles.